The Bertz CT molecular complexity index is 579. The highest BCUT2D eigenvalue weighted by Crippen LogP contribution is 2.23. The molecule has 1 heteroatoms. The molecule has 1 aliphatic carbocycles. The molecule has 1 N–H and O–H groups in total. The Hall–Kier alpha value is -1.60. The van der Waals surface area contributed by atoms with Gasteiger partial charge < -0.3 is 5.32 Å². The SMILES string of the molecule is CC(C)Cc1cccc(-c2ccc(CNC3CC3)cc2)c1. The van der Waals surface area contributed by atoms with Crippen LogP contribution in [0.3, 0.4) is 0 Å². The standard InChI is InChI=1S/C20H25N/c1-15(2)12-17-4-3-5-19(13-17)18-8-6-16(7-9-18)14-21-20-10-11-20/h3-9,13,15,20-21H,10-12,14H2,1-2H3. The van der Waals surface area contributed by atoms with E-state index in [-0.39, 0.29) is 0 Å². The average Bonchev–Trinajstić information content (AvgIpc) is 3.29. The minimum absolute atomic E-state index is 0.705. The maximum absolute atomic E-state index is 3.56. The van der Waals surface area contributed by atoms with Crippen LogP contribution in [0.4, 0.5) is 0 Å². The monoisotopic (exact) mass is 279 g/mol. The molecule has 0 aromatic heterocycles. The van der Waals surface area contributed by atoms with Gasteiger partial charge in [-0.3, -0.25) is 0 Å². The maximum Gasteiger partial charge on any atom is 0.0208 e. The molecule has 0 heterocycles. The van der Waals surface area contributed by atoms with E-state index in [1.54, 1.807) is 0 Å². The van der Waals surface area contributed by atoms with Crippen molar-refractivity contribution >= 4 is 0 Å². The van der Waals surface area contributed by atoms with Crippen LogP contribution in [-0.2, 0) is 13.0 Å². The molecule has 0 atom stereocenters. The normalized spacial score (nSPS) is 14.6. The zero-order valence-corrected chi connectivity index (χ0v) is 13.1. The minimum atomic E-state index is 0.705. The maximum atomic E-state index is 3.56. The van der Waals surface area contributed by atoms with E-state index in [1.165, 1.54) is 35.1 Å². The van der Waals surface area contributed by atoms with Gasteiger partial charge in [0.05, 0.1) is 0 Å². The summed E-state index contributed by atoms with van der Waals surface area (Å²) in [7, 11) is 0. The Kier molecular flexibility index (Phi) is 4.40. The molecule has 1 nitrogen and oxygen atoms in total. The predicted molar refractivity (Wildman–Crippen MR) is 90.3 cm³/mol. The highest BCUT2D eigenvalue weighted by atomic mass is 14.9. The predicted octanol–water partition coefficient (Wildman–Crippen LogP) is 4.80. The summed E-state index contributed by atoms with van der Waals surface area (Å²) in [5.74, 6) is 0.705. The first-order chi connectivity index (χ1) is 10.2. The van der Waals surface area contributed by atoms with Gasteiger partial charge in [0.15, 0.2) is 0 Å². The molecule has 3 rings (SSSR count). The molecular formula is C20H25N. The second kappa shape index (κ2) is 6.44. The summed E-state index contributed by atoms with van der Waals surface area (Å²) in [5, 5.41) is 3.56. The Labute approximate surface area is 128 Å². The molecule has 1 saturated carbocycles. The highest BCUT2D eigenvalue weighted by Gasteiger charge is 2.19. The summed E-state index contributed by atoms with van der Waals surface area (Å²) >= 11 is 0. The second-order valence-corrected chi connectivity index (χ2v) is 6.65. The van der Waals surface area contributed by atoms with E-state index in [0.29, 0.717) is 5.92 Å². The first kappa shape index (κ1) is 14.3. The van der Waals surface area contributed by atoms with Gasteiger partial charge in [-0.1, -0.05) is 62.4 Å². The number of benzene rings is 2. The minimum Gasteiger partial charge on any atom is -0.310 e. The van der Waals surface area contributed by atoms with Crippen LogP contribution in [0.2, 0.25) is 0 Å². The average molecular weight is 279 g/mol. The van der Waals surface area contributed by atoms with Gasteiger partial charge in [-0.2, -0.15) is 0 Å². The van der Waals surface area contributed by atoms with Crippen molar-refractivity contribution in [1.82, 2.24) is 5.32 Å². The van der Waals surface area contributed by atoms with Crippen molar-refractivity contribution in [3.05, 3.63) is 59.7 Å². The molecule has 21 heavy (non-hydrogen) atoms. The lowest BCUT2D eigenvalue weighted by molar-refractivity contribution is 0.647. The first-order valence-corrected chi connectivity index (χ1v) is 8.12. The van der Waals surface area contributed by atoms with Crippen LogP contribution in [0.15, 0.2) is 48.5 Å². The Balaban J connectivity index is 1.70. The van der Waals surface area contributed by atoms with Crippen LogP contribution in [0.1, 0.15) is 37.8 Å². The lowest BCUT2D eigenvalue weighted by Gasteiger charge is -2.09. The smallest absolute Gasteiger partial charge is 0.0208 e. The fourth-order valence-electron chi connectivity index (χ4n) is 2.71. The zero-order chi connectivity index (χ0) is 14.7. The molecule has 1 aliphatic rings. The topological polar surface area (TPSA) is 12.0 Å². The molecule has 0 unspecified atom stereocenters. The van der Waals surface area contributed by atoms with Gasteiger partial charge in [0.1, 0.15) is 0 Å². The van der Waals surface area contributed by atoms with Crippen molar-refractivity contribution in [2.24, 2.45) is 5.92 Å². The summed E-state index contributed by atoms with van der Waals surface area (Å²) in [4.78, 5) is 0. The van der Waals surface area contributed by atoms with E-state index in [4.69, 9.17) is 0 Å². The molecule has 0 saturated heterocycles. The summed E-state index contributed by atoms with van der Waals surface area (Å²) in [6, 6.07) is 18.7. The third kappa shape index (κ3) is 4.18. The number of rotatable bonds is 6. The molecule has 0 amide bonds. The molecule has 2 aromatic rings. The van der Waals surface area contributed by atoms with E-state index in [9.17, 15) is 0 Å². The van der Waals surface area contributed by atoms with Crippen LogP contribution >= 0.6 is 0 Å². The van der Waals surface area contributed by atoms with Gasteiger partial charge in [-0.25, -0.2) is 0 Å². The van der Waals surface area contributed by atoms with Gasteiger partial charge in [0.25, 0.3) is 0 Å². The summed E-state index contributed by atoms with van der Waals surface area (Å²) in [6.07, 6.45) is 3.85. The van der Waals surface area contributed by atoms with E-state index in [1.807, 2.05) is 0 Å². The highest BCUT2D eigenvalue weighted by molar-refractivity contribution is 5.64. The largest absolute Gasteiger partial charge is 0.310 e. The lowest BCUT2D eigenvalue weighted by Crippen LogP contribution is -2.14. The summed E-state index contributed by atoms with van der Waals surface area (Å²) in [5.41, 5.74) is 5.46. The lowest BCUT2D eigenvalue weighted by atomic mass is 9.97. The number of hydrogen-bond acceptors (Lipinski definition) is 1. The van der Waals surface area contributed by atoms with E-state index in [0.717, 1.165) is 19.0 Å². The Morgan fingerprint density at radius 3 is 2.38 bits per heavy atom. The van der Waals surface area contributed by atoms with Crippen LogP contribution in [0.5, 0.6) is 0 Å². The van der Waals surface area contributed by atoms with Crippen molar-refractivity contribution in [2.45, 2.75) is 45.7 Å². The van der Waals surface area contributed by atoms with E-state index >= 15 is 0 Å². The fourth-order valence-corrected chi connectivity index (χ4v) is 2.71. The molecule has 2 aromatic carbocycles. The van der Waals surface area contributed by atoms with E-state index < -0.39 is 0 Å². The molecule has 1 fully saturated rings. The molecule has 110 valence electrons. The van der Waals surface area contributed by atoms with E-state index in [2.05, 4.69) is 67.7 Å². The number of nitrogens with one attached hydrogen (secondary N) is 1. The van der Waals surface area contributed by atoms with Gasteiger partial charge in [0.2, 0.25) is 0 Å². The third-order valence-electron chi connectivity index (χ3n) is 4.03. The van der Waals surface area contributed by atoms with Crippen LogP contribution < -0.4 is 5.32 Å². The van der Waals surface area contributed by atoms with Crippen LogP contribution in [0.25, 0.3) is 11.1 Å². The Morgan fingerprint density at radius 2 is 1.71 bits per heavy atom. The molecule has 0 aliphatic heterocycles. The van der Waals surface area contributed by atoms with Crippen molar-refractivity contribution < 1.29 is 0 Å². The van der Waals surface area contributed by atoms with Crippen molar-refractivity contribution in [3.63, 3.8) is 0 Å². The van der Waals surface area contributed by atoms with Crippen molar-refractivity contribution in [1.29, 1.82) is 0 Å². The number of hydrogen-bond donors (Lipinski definition) is 1. The molecule has 0 radical (unpaired) electrons. The fraction of sp³-hybridized carbons (Fsp3) is 0.400. The van der Waals surface area contributed by atoms with Gasteiger partial charge >= 0.3 is 0 Å². The van der Waals surface area contributed by atoms with Crippen molar-refractivity contribution in [3.8, 4) is 11.1 Å². The van der Waals surface area contributed by atoms with Gasteiger partial charge in [0, 0.05) is 12.6 Å². The molecular weight excluding hydrogens is 254 g/mol. The first-order valence-electron chi connectivity index (χ1n) is 8.12. The quantitative estimate of drug-likeness (QED) is 0.800. The zero-order valence-electron chi connectivity index (χ0n) is 13.1. The Morgan fingerprint density at radius 1 is 0.952 bits per heavy atom. The van der Waals surface area contributed by atoms with Gasteiger partial charge in [-0.15, -0.1) is 0 Å². The molecule has 0 bridgehead atoms. The summed E-state index contributed by atoms with van der Waals surface area (Å²) < 4.78 is 0. The van der Waals surface area contributed by atoms with Crippen LogP contribution in [0, 0.1) is 5.92 Å². The van der Waals surface area contributed by atoms with Crippen LogP contribution in [-0.4, -0.2) is 6.04 Å². The second-order valence-electron chi connectivity index (χ2n) is 6.65. The summed E-state index contributed by atoms with van der Waals surface area (Å²) in [6.45, 7) is 5.54. The molecule has 0 spiro atoms. The van der Waals surface area contributed by atoms with Crippen molar-refractivity contribution in [2.75, 3.05) is 0 Å². The third-order valence-corrected chi connectivity index (χ3v) is 4.03. The van der Waals surface area contributed by atoms with Gasteiger partial charge in [-0.05, 0) is 47.4 Å².